The number of ether oxygens (including phenoxy) is 1. The van der Waals surface area contributed by atoms with Gasteiger partial charge in [-0.3, -0.25) is 0 Å². The number of benzene rings is 2. The van der Waals surface area contributed by atoms with Gasteiger partial charge in [0.05, 0.1) is 6.04 Å². The highest BCUT2D eigenvalue weighted by atomic mass is 32.2. The zero-order chi connectivity index (χ0) is 23.3. The molecule has 3 N–H and O–H groups in total. The highest BCUT2D eigenvalue weighted by Crippen LogP contribution is 2.33. The first-order valence-electron chi connectivity index (χ1n) is 10.1. The molecule has 0 aromatic heterocycles. The topological polar surface area (TPSA) is 79.5 Å². The molecule has 6 nitrogen and oxygen atoms in total. The van der Waals surface area contributed by atoms with Crippen LogP contribution in [0.25, 0.3) is 11.1 Å². The molecule has 0 bridgehead atoms. The van der Waals surface area contributed by atoms with Crippen LogP contribution in [-0.4, -0.2) is 59.2 Å². The van der Waals surface area contributed by atoms with Gasteiger partial charge < -0.3 is 15.4 Å². The molecule has 176 valence electrons. The molecule has 0 aliphatic carbocycles. The number of nitrogens with one attached hydrogen (secondary N) is 3. The van der Waals surface area contributed by atoms with Gasteiger partial charge in [-0.1, -0.05) is 36.4 Å². The van der Waals surface area contributed by atoms with Crippen molar-refractivity contribution in [2.75, 3.05) is 26.7 Å². The van der Waals surface area contributed by atoms with Crippen LogP contribution in [0.2, 0.25) is 0 Å². The normalized spacial score (nSPS) is 21.2. The minimum absolute atomic E-state index is 0.0979. The number of likely N-dealkylation sites (N-methyl/N-ethyl adjacent to an activating group) is 1. The first kappa shape index (κ1) is 24.4. The second-order valence-electron chi connectivity index (χ2n) is 7.41. The van der Waals surface area contributed by atoms with Crippen LogP contribution in [0.3, 0.4) is 0 Å². The van der Waals surface area contributed by atoms with Crippen molar-refractivity contribution in [3.8, 4) is 16.9 Å². The number of sulfonamides is 1. The van der Waals surface area contributed by atoms with Gasteiger partial charge >= 0.3 is 5.76 Å². The Balaban J connectivity index is 1.85. The molecule has 1 fully saturated rings. The van der Waals surface area contributed by atoms with Crippen LogP contribution < -0.4 is 20.1 Å². The Hall–Kier alpha value is -2.21. The molecule has 1 aliphatic rings. The van der Waals surface area contributed by atoms with E-state index in [1.807, 2.05) is 0 Å². The second-order valence-corrected chi connectivity index (χ2v) is 9.09. The van der Waals surface area contributed by atoms with Crippen molar-refractivity contribution in [2.24, 2.45) is 0 Å². The fraction of sp³-hybridized carbons (Fsp3) is 0.429. The molecular formula is C21H25F4N3O3S. The highest BCUT2D eigenvalue weighted by molar-refractivity contribution is 7.89. The Morgan fingerprint density at radius 1 is 1.16 bits per heavy atom. The van der Waals surface area contributed by atoms with E-state index < -0.39 is 39.9 Å². The monoisotopic (exact) mass is 475 g/mol. The molecule has 1 heterocycles. The van der Waals surface area contributed by atoms with E-state index in [9.17, 15) is 21.6 Å². The first-order valence-corrected chi connectivity index (χ1v) is 11.6. The Labute approximate surface area is 184 Å². The van der Waals surface area contributed by atoms with Gasteiger partial charge in [-0.15, -0.1) is 0 Å². The van der Waals surface area contributed by atoms with Crippen molar-refractivity contribution >= 4 is 10.0 Å². The molecule has 3 unspecified atom stereocenters. The van der Waals surface area contributed by atoms with E-state index in [0.29, 0.717) is 24.5 Å². The smallest absolute Gasteiger partial charge is 0.350 e. The van der Waals surface area contributed by atoms with Gasteiger partial charge in [0.25, 0.3) is 10.0 Å². The predicted molar refractivity (Wildman–Crippen MR) is 113 cm³/mol. The van der Waals surface area contributed by atoms with E-state index in [1.165, 1.54) is 6.07 Å². The summed E-state index contributed by atoms with van der Waals surface area (Å²) < 4.78 is 85.6. The van der Waals surface area contributed by atoms with E-state index in [4.69, 9.17) is 4.74 Å². The average Bonchev–Trinajstić information content (AvgIpc) is 3.09. The van der Waals surface area contributed by atoms with Crippen molar-refractivity contribution in [2.45, 2.75) is 30.4 Å². The van der Waals surface area contributed by atoms with Gasteiger partial charge in [-0.05, 0) is 25.1 Å². The van der Waals surface area contributed by atoms with Crippen molar-refractivity contribution in [1.29, 1.82) is 0 Å². The third-order valence-electron chi connectivity index (χ3n) is 5.24. The molecule has 0 spiro atoms. The highest BCUT2D eigenvalue weighted by Gasteiger charge is 2.41. The van der Waals surface area contributed by atoms with E-state index >= 15 is 4.39 Å². The van der Waals surface area contributed by atoms with Crippen LogP contribution in [0.1, 0.15) is 5.56 Å². The van der Waals surface area contributed by atoms with Crippen LogP contribution in [0, 0.1) is 5.82 Å². The number of hydrogen-bond acceptors (Lipinski definition) is 5. The third kappa shape index (κ3) is 5.58. The fourth-order valence-corrected chi connectivity index (χ4v) is 4.42. The van der Waals surface area contributed by atoms with Crippen molar-refractivity contribution < 1.29 is 30.7 Å². The number of hydrogen-bond donors (Lipinski definition) is 3. The fourth-order valence-electron chi connectivity index (χ4n) is 3.63. The molecule has 3 atom stereocenters. The minimum atomic E-state index is -5.00. The number of rotatable bonds is 10. The summed E-state index contributed by atoms with van der Waals surface area (Å²) in [7, 11) is -3.21. The van der Waals surface area contributed by atoms with Gasteiger partial charge in [-0.25, -0.2) is 21.9 Å². The molecule has 32 heavy (non-hydrogen) atoms. The molecular weight excluding hydrogens is 450 g/mol. The Bertz CT molecular complexity index is 1020. The van der Waals surface area contributed by atoms with Crippen LogP contribution >= 0.6 is 0 Å². The lowest BCUT2D eigenvalue weighted by atomic mass is 9.96. The summed E-state index contributed by atoms with van der Waals surface area (Å²) in [6.07, 6.45) is -1.82. The molecule has 11 heteroatoms. The lowest BCUT2D eigenvalue weighted by Gasteiger charge is -2.22. The van der Waals surface area contributed by atoms with Gasteiger partial charge in [0, 0.05) is 30.3 Å². The van der Waals surface area contributed by atoms with E-state index in [2.05, 4.69) is 10.6 Å². The Kier molecular flexibility index (Phi) is 8.10. The van der Waals surface area contributed by atoms with Gasteiger partial charge in [0.1, 0.15) is 24.3 Å². The van der Waals surface area contributed by atoms with Crippen LogP contribution in [0.5, 0.6) is 5.75 Å². The molecule has 3 rings (SSSR count). The Morgan fingerprint density at radius 2 is 1.88 bits per heavy atom. The van der Waals surface area contributed by atoms with Gasteiger partial charge in [0.2, 0.25) is 0 Å². The summed E-state index contributed by atoms with van der Waals surface area (Å²) in [5.41, 5.74) is 0.989. The third-order valence-corrected chi connectivity index (χ3v) is 6.31. The SMILES string of the molecule is CNCCOc1ccccc1-c1cccc(CC2NCC(F)C2NS(=O)(=O)C(F)F)c1F. The predicted octanol–water partition coefficient (Wildman–Crippen LogP) is 2.45. The first-order chi connectivity index (χ1) is 15.2. The largest absolute Gasteiger partial charge is 0.492 e. The molecule has 1 saturated heterocycles. The Morgan fingerprint density at radius 3 is 2.59 bits per heavy atom. The zero-order valence-electron chi connectivity index (χ0n) is 17.3. The maximum Gasteiger partial charge on any atom is 0.350 e. The maximum absolute atomic E-state index is 15.4. The second kappa shape index (κ2) is 10.6. The van der Waals surface area contributed by atoms with E-state index in [-0.39, 0.29) is 24.1 Å². The molecule has 0 saturated carbocycles. The number of halogens is 4. The van der Waals surface area contributed by atoms with Gasteiger partial charge in [0.15, 0.2) is 0 Å². The summed E-state index contributed by atoms with van der Waals surface area (Å²) >= 11 is 0. The molecule has 2 aromatic rings. The minimum Gasteiger partial charge on any atom is -0.492 e. The summed E-state index contributed by atoms with van der Waals surface area (Å²) in [5.74, 6) is -3.77. The number of para-hydroxylation sites is 1. The summed E-state index contributed by atoms with van der Waals surface area (Å²) in [6, 6.07) is 9.31. The van der Waals surface area contributed by atoms with E-state index in [0.717, 1.165) is 0 Å². The van der Waals surface area contributed by atoms with Crippen molar-refractivity contribution in [1.82, 2.24) is 15.4 Å². The standard InChI is InChI=1S/C21H25F4N3O3S/c1-26-9-10-31-18-8-3-2-6-14(18)15-7-4-5-13(19(15)23)11-17-20(16(22)12-27-17)28-32(29,30)21(24)25/h2-8,16-17,20-21,26-28H,9-12H2,1H3. The van der Waals surface area contributed by atoms with Crippen molar-refractivity contribution in [3.63, 3.8) is 0 Å². The van der Waals surface area contributed by atoms with E-state index in [1.54, 1.807) is 48.2 Å². The van der Waals surface area contributed by atoms with Crippen molar-refractivity contribution in [3.05, 3.63) is 53.8 Å². The molecule has 0 amide bonds. The molecule has 2 aromatic carbocycles. The zero-order valence-corrected chi connectivity index (χ0v) is 18.1. The quantitative estimate of drug-likeness (QED) is 0.364. The summed E-state index contributed by atoms with van der Waals surface area (Å²) in [5, 5.41) is 5.71. The summed E-state index contributed by atoms with van der Waals surface area (Å²) in [6.45, 7) is 0.750. The van der Waals surface area contributed by atoms with Gasteiger partial charge in [-0.2, -0.15) is 8.78 Å². The lowest BCUT2D eigenvalue weighted by Crippen LogP contribution is -2.49. The maximum atomic E-state index is 15.4. The molecule has 0 radical (unpaired) electrons. The van der Waals surface area contributed by atoms with Crippen LogP contribution in [-0.2, 0) is 16.4 Å². The van der Waals surface area contributed by atoms with Crippen LogP contribution in [0.4, 0.5) is 17.6 Å². The molecule has 1 aliphatic heterocycles. The average molecular weight is 476 g/mol. The lowest BCUT2D eigenvalue weighted by molar-refractivity contribution is 0.227. The number of alkyl halides is 3. The van der Waals surface area contributed by atoms with Crippen LogP contribution in [0.15, 0.2) is 42.5 Å². The summed E-state index contributed by atoms with van der Waals surface area (Å²) in [4.78, 5) is 0.